The molecule has 1 N–H and O–H groups in total. The lowest BCUT2D eigenvalue weighted by atomic mass is 9.86. The summed E-state index contributed by atoms with van der Waals surface area (Å²) in [5, 5.41) is 3.24. The number of hydrogen-bond donors (Lipinski definition) is 1. The van der Waals surface area contributed by atoms with E-state index in [1.807, 2.05) is 13.0 Å². The highest BCUT2D eigenvalue weighted by atomic mass is 19.1. The second-order valence-electron chi connectivity index (χ2n) is 5.68. The van der Waals surface area contributed by atoms with Crippen molar-refractivity contribution in [2.75, 3.05) is 6.54 Å². The summed E-state index contributed by atoms with van der Waals surface area (Å²) >= 11 is 0. The van der Waals surface area contributed by atoms with E-state index in [4.69, 9.17) is 4.74 Å². The quantitative estimate of drug-likeness (QED) is 0.839. The number of benzene rings is 1. The topological polar surface area (TPSA) is 21.3 Å². The molecule has 0 unspecified atom stereocenters. The lowest BCUT2D eigenvalue weighted by molar-refractivity contribution is 0.123. The minimum absolute atomic E-state index is 0.176. The lowest BCUT2D eigenvalue weighted by Crippen LogP contribution is -2.25. The summed E-state index contributed by atoms with van der Waals surface area (Å²) in [7, 11) is 0. The van der Waals surface area contributed by atoms with Crippen molar-refractivity contribution < 1.29 is 9.13 Å². The summed E-state index contributed by atoms with van der Waals surface area (Å²) in [6.07, 6.45) is 5.94. The predicted molar refractivity (Wildman–Crippen MR) is 80.4 cm³/mol. The minimum atomic E-state index is -0.238. The van der Waals surface area contributed by atoms with Crippen molar-refractivity contribution in [2.24, 2.45) is 5.92 Å². The summed E-state index contributed by atoms with van der Waals surface area (Å²) in [6.45, 7) is 5.83. The maximum Gasteiger partial charge on any atom is 0.165 e. The molecule has 1 aliphatic rings. The van der Waals surface area contributed by atoms with Gasteiger partial charge in [-0.15, -0.1) is 0 Å². The van der Waals surface area contributed by atoms with Crippen LogP contribution in [0.2, 0.25) is 0 Å². The summed E-state index contributed by atoms with van der Waals surface area (Å²) in [6, 6.07) is 5.18. The van der Waals surface area contributed by atoms with Crippen molar-refractivity contribution in [1.82, 2.24) is 5.32 Å². The second-order valence-corrected chi connectivity index (χ2v) is 5.68. The first kappa shape index (κ1) is 15.3. The van der Waals surface area contributed by atoms with Gasteiger partial charge in [0.1, 0.15) is 0 Å². The first-order chi connectivity index (χ1) is 9.74. The molecule has 1 aromatic carbocycles. The summed E-state index contributed by atoms with van der Waals surface area (Å²) in [5.41, 5.74) is 0.921. The van der Waals surface area contributed by atoms with Gasteiger partial charge in [0.25, 0.3) is 0 Å². The first-order valence-electron chi connectivity index (χ1n) is 7.89. The van der Waals surface area contributed by atoms with Crippen LogP contribution in [0.25, 0.3) is 0 Å². The van der Waals surface area contributed by atoms with Crippen molar-refractivity contribution in [2.45, 2.75) is 58.6 Å². The Bertz CT molecular complexity index is 413. The first-order valence-corrected chi connectivity index (χ1v) is 7.89. The molecule has 1 aromatic rings. The Balaban J connectivity index is 2.01. The molecule has 3 heteroatoms. The zero-order chi connectivity index (χ0) is 14.4. The van der Waals surface area contributed by atoms with Gasteiger partial charge in [-0.05, 0) is 44.2 Å². The number of nitrogens with one attached hydrogen (secondary N) is 1. The maximum absolute atomic E-state index is 14.0. The molecule has 0 saturated heterocycles. The SMILES string of the molecule is CCNCc1cccc(F)c1OC1CCC(CC)CC1. The lowest BCUT2D eigenvalue weighted by Gasteiger charge is -2.29. The fourth-order valence-corrected chi connectivity index (χ4v) is 2.91. The van der Waals surface area contributed by atoms with Gasteiger partial charge in [-0.3, -0.25) is 0 Å². The molecule has 20 heavy (non-hydrogen) atoms. The Morgan fingerprint density at radius 2 is 1.95 bits per heavy atom. The molecule has 0 atom stereocenters. The van der Waals surface area contributed by atoms with Crippen LogP contribution in [0.3, 0.4) is 0 Å². The van der Waals surface area contributed by atoms with Crippen LogP contribution in [0.15, 0.2) is 18.2 Å². The minimum Gasteiger partial charge on any atom is -0.487 e. The number of rotatable bonds is 6. The van der Waals surface area contributed by atoms with Gasteiger partial charge >= 0.3 is 0 Å². The smallest absolute Gasteiger partial charge is 0.165 e. The summed E-state index contributed by atoms with van der Waals surface area (Å²) in [5.74, 6) is 1.04. The van der Waals surface area contributed by atoms with Gasteiger partial charge in [0.2, 0.25) is 0 Å². The molecule has 0 heterocycles. The standard InChI is InChI=1S/C17H26FNO/c1-3-13-8-10-15(11-9-13)20-17-14(12-19-4-2)6-5-7-16(17)18/h5-7,13,15,19H,3-4,8-12H2,1-2H3. The highest BCUT2D eigenvalue weighted by Crippen LogP contribution is 2.31. The van der Waals surface area contributed by atoms with E-state index in [1.54, 1.807) is 6.07 Å². The third kappa shape index (κ3) is 3.95. The molecule has 1 saturated carbocycles. The molecule has 0 radical (unpaired) electrons. The van der Waals surface area contributed by atoms with Gasteiger partial charge in [-0.2, -0.15) is 0 Å². The van der Waals surface area contributed by atoms with Gasteiger partial charge in [-0.25, -0.2) is 4.39 Å². The molecule has 0 aromatic heterocycles. The van der Waals surface area contributed by atoms with Crippen LogP contribution >= 0.6 is 0 Å². The van der Waals surface area contributed by atoms with Gasteiger partial charge in [-0.1, -0.05) is 32.4 Å². The van der Waals surface area contributed by atoms with Crippen LogP contribution in [-0.4, -0.2) is 12.6 Å². The molecule has 112 valence electrons. The normalized spacial score (nSPS) is 22.8. The van der Waals surface area contributed by atoms with Crippen molar-refractivity contribution in [3.05, 3.63) is 29.6 Å². The van der Waals surface area contributed by atoms with Crippen LogP contribution in [0.1, 0.15) is 51.5 Å². The fourth-order valence-electron chi connectivity index (χ4n) is 2.91. The molecule has 0 bridgehead atoms. The number of para-hydroxylation sites is 1. The molecular weight excluding hydrogens is 253 g/mol. The monoisotopic (exact) mass is 279 g/mol. The molecule has 0 amide bonds. The summed E-state index contributed by atoms with van der Waals surface area (Å²) in [4.78, 5) is 0. The Labute approximate surface area is 121 Å². The molecule has 0 aliphatic heterocycles. The van der Waals surface area contributed by atoms with E-state index in [0.717, 1.165) is 30.9 Å². The second kappa shape index (κ2) is 7.63. The number of halogens is 1. The fraction of sp³-hybridized carbons (Fsp3) is 0.647. The summed E-state index contributed by atoms with van der Waals surface area (Å²) < 4.78 is 20.0. The van der Waals surface area contributed by atoms with E-state index in [0.29, 0.717) is 12.3 Å². The van der Waals surface area contributed by atoms with Crippen LogP contribution < -0.4 is 10.1 Å². The van der Waals surface area contributed by atoms with E-state index in [9.17, 15) is 4.39 Å². The third-order valence-electron chi connectivity index (χ3n) is 4.27. The average molecular weight is 279 g/mol. The molecule has 2 rings (SSSR count). The van der Waals surface area contributed by atoms with Crippen molar-refractivity contribution in [3.8, 4) is 5.75 Å². The van der Waals surface area contributed by atoms with E-state index >= 15 is 0 Å². The molecule has 2 nitrogen and oxygen atoms in total. The average Bonchev–Trinajstić information content (AvgIpc) is 2.48. The Hall–Kier alpha value is -1.09. The highest BCUT2D eigenvalue weighted by Gasteiger charge is 2.23. The van der Waals surface area contributed by atoms with Crippen LogP contribution in [0.5, 0.6) is 5.75 Å². The molecule has 1 aliphatic carbocycles. The molecule has 0 spiro atoms. The van der Waals surface area contributed by atoms with Gasteiger partial charge in [0, 0.05) is 12.1 Å². The largest absolute Gasteiger partial charge is 0.487 e. The van der Waals surface area contributed by atoms with E-state index in [2.05, 4.69) is 12.2 Å². The number of hydrogen-bond acceptors (Lipinski definition) is 2. The maximum atomic E-state index is 14.0. The predicted octanol–water partition coefficient (Wildman–Crippen LogP) is 4.28. The Morgan fingerprint density at radius 1 is 1.20 bits per heavy atom. The van der Waals surface area contributed by atoms with Crippen LogP contribution in [0, 0.1) is 11.7 Å². The van der Waals surface area contributed by atoms with Crippen LogP contribution in [0.4, 0.5) is 4.39 Å². The van der Waals surface area contributed by atoms with Crippen LogP contribution in [-0.2, 0) is 6.54 Å². The van der Waals surface area contributed by atoms with Crippen molar-refractivity contribution in [3.63, 3.8) is 0 Å². The van der Waals surface area contributed by atoms with Crippen molar-refractivity contribution >= 4 is 0 Å². The molecule has 1 fully saturated rings. The third-order valence-corrected chi connectivity index (χ3v) is 4.27. The number of ether oxygens (including phenoxy) is 1. The van der Waals surface area contributed by atoms with Gasteiger partial charge in [0.15, 0.2) is 11.6 Å². The van der Waals surface area contributed by atoms with Gasteiger partial charge < -0.3 is 10.1 Å². The molecular formula is C17H26FNO. The van der Waals surface area contributed by atoms with E-state index in [-0.39, 0.29) is 11.9 Å². The van der Waals surface area contributed by atoms with E-state index in [1.165, 1.54) is 25.3 Å². The Kier molecular flexibility index (Phi) is 5.84. The van der Waals surface area contributed by atoms with Gasteiger partial charge in [0.05, 0.1) is 6.10 Å². The Morgan fingerprint density at radius 3 is 2.60 bits per heavy atom. The zero-order valence-corrected chi connectivity index (χ0v) is 12.6. The highest BCUT2D eigenvalue weighted by molar-refractivity contribution is 5.35. The zero-order valence-electron chi connectivity index (χ0n) is 12.6. The van der Waals surface area contributed by atoms with Crippen molar-refractivity contribution in [1.29, 1.82) is 0 Å². The van der Waals surface area contributed by atoms with E-state index < -0.39 is 0 Å².